The first kappa shape index (κ1) is 32.9. The Labute approximate surface area is 252 Å². The van der Waals surface area contributed by atoms with Crippen molar-refractivity contribution in [2.24, 2.45) is 0 Å². The zero-order valence-corrected chi connectivity index (χ0v) is 27.6. The Bertz CT molecular complexity index is 1560. The number of rotatable bonds is 6. The number of nitrogens with one attached hydrogen (secondary N) is 3. The number of benzene rings is 2. The zero-order valence-electron chi connectivity index (χ0n) is 21.2. The Morgan fingerprint density at radius 1 is 0.769 bits per heavy atom. The summed E-state index contributed by atoms with van der Waals surface area (Å²) in [6.07, 6.45) is 6.73. The fourth-order valence-electron chi connectivity index (χ4n) is 2.61. The van der Waals surface area contributed by atoms with Crippen LogP contribution in [0.4, 0.5) is 17.3 Å². The van der Waals surface area contributed by atoms with Gasteiger partial charge in [-0.1, -0.05) is 0 Å². The molecule has 0 unspecified atom stereocenters. The zero-order chi connectivity index (χ0) is 29.4. The number of hydrogen-bond acceptors (Lipinski definition) is 8. The standard InChI is InChI=1S/C11H13BrN4O2S.C8H11BrN2O2S.C3H3BrN2/c1-16(2)19(17,18)10-7-8(3-4-9(10)12)15-11-13-5-6-14-11;1-11(2)14(12,13)8-5-6(10)3-4-7(8)9;4-3-5-1-2-6-3/h3-7H,1-2H3,(H2,13,14,15);3-5H,10H2,1-2H3;1-2H,(H,5,6). The number of sulfonamides is 2. The summed E-state index contributed by atoms with van der Waals surface area (Å²) in [5, 5.41) is 2.99. The van der Waals surface area contributed by atoms with E-state index >= 15 is 0 Å². The summed E-state index contributed by atoms with van der Waals surface area (Å²) in [6.45, 7) is 0. The number of nitrogen functional groups attached to an aromatic ring is 1. The van der Waals surface area contributed by atoms with E-state index in [0.29, 0.717) is 26.3 Å². The minimum atomic E-state index is -3.49. The number of anilines is 3. The molecule has 12 nitrogen and oxygen atoms in total. The summed E-state index contributed by atoms with van der Waals surface area (Å²) in [4.78, 5) is 13.9. The molecule has 0 aliphatic rings. The van der Waals surface area contributed by atoms with E-state index in [1.165, 1.54) is 38.6 Å². The molecule has 0 amide bonds. The van der Waals surface area contributed by atoms with Gasteiger partial charge in [-0.25, -0.2) is 35.4 Å². The Hall–Kier alpha value is -2.28. The van der Waals surface area contributed by atoms with E-state index in [2.05, 4.69) is 73.0 Å². The number of H-pyrrole nitrogens is 2. The van der Waals surface area contributed by atoms with Gasteiger partial charge in [0.2, 0.25) is 26.0 Å². The molecule has 4 aromatic rings. The van der Waals surface area contributed by atoms with Crippen molar-refractivity contribution in [1.29, 1.82) is 0 Å². The van der Waals surface area contributed by atoms with Crippen molar-refractivity contribution in [2.75, 3.05) is 39.2 Å². The van der Waals surface area contributed by atoms with Crippen LogP contribution in [0.2, 0.25) is 0 Å². The molecule has 0 aliphatic heterocycles. The van der Waals surface area contributed by atoms with Crippen LogP contribution in [0.1, 0.15) is 0 Å². The summed E-state index contributed by atoms with van der Waals surface area (Å²) in [7, 11) is -0.974. The lowest BCUT2D eigenvalue weighted by Gasteiger charge is -2.14. The highest BCUT2D eigenvalue weighted by Crippen LogP contribution is 2.28. The van der Waals surface area contributed by atoms with Gasteiger partial charge in [0.15, 0.2) is 4.73 Å². The molecular formula is C22H27Br3N8O4S2. The molecular weight excluding hydrogens is 744 g/mol. The second-order valence-corrected chi connectivity index (χ2v) is 14.6. The lowest BCUT2D eigenvalue weighted by Crippen LogP contribution is -2.22. The van der Waals surface area contributed by atoms with E-state index in [-0.39, 0.29) is 9.79 Å². The molecule has 0 bridgehead atoms. The number of aromatic nitrogens is 4. The van der Waals surface area contributed by atoms with Crippen molar-refractivity contribution in [3.05, 3.63) is 74.9 Å². The van der Waals surface area contributed by atoms with Gasteiger partial charge in [-0.15, -0.1) is 0 Å². The van der Waals surface area contributed by atoms with Crippen molar-refractivity contribution >= 4 is 85.2 Å². The van der Waals surface area contributed by atoms with Crippen molar-refractivity contribution in [3.63, 3.8) is 0 Å². The van der Waals surface area contributed by atoms with Gasteiger partial charge in [0.25, 0.3) is 0 Å². The first-order valence-corrected chi connectivity index (χ1v) is 16.0. The number of hydrogen-bond donors (Lipinski definition) is 4. The van der Waals surface area contributed by atoms with Gasteiger partial charge < -0.3 is 21.0 Å². The maximum Gasteiger partial charge on any atom is 0.243 e. The first-order chi connectivity index (χ1) is 18.2. The van der Waals surface area contributed by atoms with E-state index in [4.69, 9.17) is 5.73 Å². The SMILES string of the molecule is Brc1ncc[nH]1.CN(C)S(=O)(=O)c1cc(N)ccc1Br.CN(C)S(=O)(=O)c1cc(Nc2ncc[nH]2)ccc1Br. The van der Waals surface area contributed by atoms with E-state index in [1.807, 2.05) is 0 Å². The van der Waals surface area contributed by atoms with Crippen molar-refractivity contribution < 1.29 is 16.8 Å². The lowest BCUT2D eigenvalue weighted by atomic mass is 10.3. The smallest absolute Gasteiger partial charge is 0.243 e. The van der Waals surface area contributed by atoms with Gasteiger partial charge >= 0.3 is 0 Å². The van der Waals surface area contributed by atoms with E-state index in [9.17, 15) is 16.8 Å². The van der Waals surface area contributed by atoms with Gasteiger partial charge in [-0.05, 0) is 84.2 Å². The number of nitrogens with zero attached hydrogens (tertiary/aromatic N) is 4. The third-order valence-corrected chi connectivity index (χ3v) is 10.7. The predicted molar refractivity (Wildman–Crippen MR) is 163 cm³/mol. The third kappa shape index (κ3) is 9.40. The summed E-state index contributed by atoms with van der Waals surface area (Å²) in [5.41, 5.74) is 6.58. The third-order valence-electron chi connectivity index (χ3n) is 4.63. The van der Waals surface area contributed by atoms with Crippen LogP contribution < -0.4 is 11.1 Å². The normalized spacial score (nSPS) is 11.4. The number of halogens is 3. The molecule has 212 valence electrons. The first-order valence-electron chi connectivity index (χ1n) is 10.8. The Balaban J connectivity index is 0.000000232. The molecule has 0 saturated heterocycles. The largest absolute Gasteiger partial charge is 0.399 e. The highest BCUT2D eigenvalue weighted by molar-refractivity contribution is 9.11. The number of aromatic amines is 2. The fourth-order valence-corrected chi connectivity index (χ4v) is 6.55. The number of imidazole rings is 2. The average Bonchev–Trinajstić information content (AvgIpc) is 3.56. The van der Waals surface area contributed by atoms with Gasteiger partial charge in [-0.3, -0.25) is 0 Å². The maximum absolute atomic E-state index is 12.2. The van der Waals surface area contributed by atoms with Gasteiger partial charge in [0.1, 0.15) is 0 Å². The summed E-state index contributed by atoms with van der Waals surface area (Å²) in [5.74, 6) is 0.551. The van der Waals surface area contributed by atoms with Gasteiger partial charge in [0.05, 0.1) is 9.79 Å². The molecule has 2 heterocycles. The second-order valence-electron chi connectivity index (χ2n) is 7.85. The van der Waals surface area contributed by atoms with E-state index in [0.717, 1.165) is 9.04 Å². The van der Waals surface area contributed by atoms with Crippen molar-refractivity contribution in [3.8, 4) is 0 Å². The molecule has 0 spiro atoms. The van der Waals surface area contributed by atoms with Gasteiger partial charge in [0, 0.05) is 73.3 Å². The Morgan fingerprint density at radius 2 is 1.28 bits per heavy atom. The molecule has 39 heavy (non-hydrogen) atoms. The molecule has 0 radical (unpaired) electrons. The van der Waals surface area contributed by atoms with E-state index in [1.54, 1.807) is 55.1 Å². The monoisotopic (exact) mass is 768 g/mol. The molecule has 0 aliphatic carbocycles. The average molecular weight is 771 g/mol. The predicted octanol–water partition coefficient (Wildman–Crippen LogP) is 4.62. The van der Waals surface area contributed by atoms with Crippen LogP contribution in [0.15, 0.2) is 84.7 Å². The summed E-state index contributed by atoms with van der Waals surface area (Å²) < 4.78 is 51.9. The summed E-state index contributed by atoms with van der Waals surface area (Å²) >= 11 is 9.54. The van der Waals surface area contributed by atoms with Crippen LogP contribution in [-0.2, 0) is 20.0 Å². The van der Waals surface area contributed by atoms with E-state index < -0.39 is 20.0 Å². The van der Waals surface area contributed by atoms with Crippen LogP contribution in [0.5, 0.6) is 0 Å². The van der Waals surface area contributed by atoms with Gasteiger partial charge in [-0.2, -0.15) is 0 Å². The maximum atomic E-state index is 12.2. The second kappa shape index (κ2) is 14.4. The molecule has 0 atom stereocenters. The Morgan fingerprint density at radius 3 is 1.72 bits per heavy atom. The molecule has 4 rings (SSSR count). The Kier molecular flexibility index (Phi) is 12.1. The highest BCUT2D eigenvalue weighted by Gasteiger charge is 2.21. The summed E-state index contributed by atoms with van der Waals surface area (Å²) in [6, 6.07) is 9.69. The van der Waals surface area contributed by atoms with Crippen LogP contribution in [-0.4, -0.2) is 73.6 Å². The molecule has 0 saturated carbocycles. The fraction of sp³-hybridized carbons (Fsp3) is 0.182. The lowest BCUT2D eigenvalue weighted by molar-refractivity contribution is 0.519. The van der Waals surface area contributed by atoms with Crippen molar-refractivity contribution in [2.45, 2.75) is 9.79 Å². The molecule has 2 aromatic carbocycles. The molecule has 0 fully saturated rings. The van der Waals surface area contributed by atoms with Crippen LogP contribution in [0.3, 0.4) is 0 Å². The van der Waals surface area contributed by atoms with Crippen LogP contribution in [0.25, 0.3) is 0 Å². The minimum Gasteiger partial charge on any atom is -0.399 e. The van der Waals surface area contributed by atoms with Crippen molar-refractivity contribution in [1.82, 2.24) is 28.5 Å². The molecule has 17 heteroatoms. The number of nitrogens with two attached hydrogens (primary N) is 1. The topological polar surface area (TPSA) is 170 Å². The quantitative estimate of drug-likeness (QED) is 0.206. The molecule has 5 N–H and O–H groups in total. The van der Waals surface area contributed by atoms with Crippen LogP contribution >= 0.6 is 47.8 Å². The highest BCUT2D eigenvalue weighted by atomic mass is 79.9. The van der Waals surface area contributed by atoms with Crippen LogP contribution in [0, 0.1) is 0 Å². The molecule has 2 aromatic heterocycles. The minimum absolute atomic E-state index is 0.183.